The molecule has 0 fully saturated rings. The number of carbonyl (C=O) groups excluding carboxylic acids is 1. The molecular formula is C14H21FN2O. The second-order valence-electron chi connectivity index (χ2n) is 4.93. The Morgan fingerprint density at radius 3 is 2.56 bits per heavy atom. The van der Waals surface area contributed by atoms with E-state index >= 15 is 0 Å². The fourth-order valence-electron chi connectivity index (χ4n) is 1.71. The molecular weight excluding hydrogens is 231 g/mol. The smallest absolute Gasteiger partial charge is 0.222 e. The number of halogens is 1. The topological polar surface area (TPSA) is 32.3 Å². The van der Waals surface area contributed by atoms with E-state index in [2.05, 4.69) is 5.32 Å². The SMILES string of the molecule is CC(C)C(=O)NCC(c1cccc(F)c1)N(C)C. The molecule has 100 valence electrons. The van der Waals surface area contributed by atoms with Crippen LogP contribution in [0.2, 0.25) is 0 Å². The Balaban J connectivity index is 2.75. The van der Waals surface area contributed by atoms with Crippen LogP contribution in [-0.2, 0) is 4.79 Å². The van der Waals surface area contributed by atoms with Gasteiger partial charge in [-0.05, 0) is 31.8 Å². The second-order valence-corrected chi connectivity index (χ2v) is 4.93. The molecule has 4 heteroatoms. The van der Waals surface area contributed by atoms with Gasteiger partial charge in [-0.1, -0.05) is 26.0 Å². The molecule has 3 nitrogen and oxygen atoms in total. The van der Waals surface area contributed by atoms with Gasteiger partial charge in [0.1, 0.15) is 5.82 Å². The van der Waals surface area contributed by atoms with E-state index in [9.17, 15) is 9.18 Å². The van der Waals surface area contributed by atoms with Crippen molar-refractivity contribution >= 4 is 5.91 Å². The zero-order chi connectivity index (χ0) is 13.7. The predicted octanol–water partition coefficient (Wildman–Crippen LogP) is 2.20. The Kier molecular flexibility index (Phi) is 5.28. The Hall–Kier alpha value is -1.42. The molecule has 1 atom stereocenters. The molecule has 0 aliphatic rings. The monoisotopic (exact) mass is 252 g/mol. The Bertz CT molecular complexity index is 405. The van der Waals surface area contributed by atoms with Gasteiger partial charge in [0.2, 0.25) is 5.91 Å². The molecule has 0 spiro atoms. The van der Waals surface area contributed by atoms with Gasteiger partial charge < -0.3 is 10.2 Å². The van der Waals surface area contributed by atoms with E-state index in [4.69, 9.17) is 0 Å². The third kappa shape index (κ3) is 4.11. The maximum atomic E-state index is 13.2. The highest BCUT2D eigenvalue weighted by molar-refractivity contribution is 5.77. The first-order valence-corrected chi connectivity index (χ1v) is 6.11. The van der Waals surface area contributed by atoms with Crippen LogP contribution in [0.25, 0.3) is 0 Å². The van der Waals surface area contributed by atoms with Crippen molar-refractivity contribution in [3.63, 3.8) is 0 Å². The maximum Gasteiger partial charge on any atom is 0.222 e. The molecule has 1 amide bonds. The van der Waals surface area contributed by atoms with E-state index in [1.165, 1.54) is 12.1 Å². The summed E-state index contributed by atoms with van der Waals surface area (Å²) < 4.78 is 13.2. The van der Waals surface area contributed by atoms with Crippen LogP contribution in [0.3, 0.4) is 0 Å². The van der Waals surface area contributed by atoms with Gasteiger partial charge in [-0.25, -0.2) is 4.39 Å². The van der Waals surface area contributed by atoms with Crippen LogP contribution < -0.4 is 5.32 Å². The standard InChI is InChI=1S/C14H21FN2O/c1-10(2)14(18)16-9-13(17(3)4)11-6-5-7-12(15)8-11/h5-8,10,13H,9H2,1-4H3,(H,16,18). The predicted molar refractivity (Wildman–Crippen MR) is 70.7 cm³/mol. The number of nitrogens with one attached hydrogen (secondary N) is 1. The molecule has 1 aromatic carbocycles. The van der Waals surface area contributed by atoms with Gasteiger partial charge in [-0.15, -0.1) is 0 Å². The minimum absolute atomic E-state index is 0.0123. The van der Waals surface area contributed by atoms with Crippen LogP contribution in [0.4, 0.5) is 4.39 Å². The lowest BCUT2D eigenvalue weighted by molar-refractivity contribution is -0.124. The summed E-state index contributed by atoms with van der Waals surface area (Å²) in [6.07, 6.45) is 0. The van der Waals surface area contributed by atoms with Gasteiger partial charge in [0.25, 0.3) is 0 Å². The highest BCUT2D eigenvalue weighted by Gasteiger charge is 2.16. The molecule has 0 bridgehead atoms. The molecule has 1 N–H and O–H groups in total. The molecule has 0 saturated heterocycles. The molecule has 0 saturated carbocycles. The number of rotatable bonds is 5. The minimum Gasteiger partial charge on any atom is -0.354 e. The zero-order valence-electron chi connectivity index (χ0n) is 11.4. The number of nitrogens with zero attached hydrogens (tertiary/aromatic N) is 1. The third-order valence-electron chi connectivity index (χ3n) is 2.85. The summed E-state index contributed by atoms with van der Waals surface area (Å²) in [7, 11) is 3.83. The van der Waals surface area contributed by atoms with E-state index < -0.39 is 0 Å². The van der Waals surface area contributed by atoms with Crippen LogP contribution in [-0.4, -0.2) is 31.4 Å². The van der Waals surface area contributed by atoms with Crippen LogP contribution in [0.5, 0.6) is 0 Å². The molecule has 1 rings (SSSR count). The lowest BCUT2D eigenvalue weighted by atomic mass is 10.1. The Morgan fingerprint density at radius 2 is 2.06 bits per heavy atom. The third-order valence-corrected chi connectivity index (χ3v) is 2.85. The molecule has 18 heavy (non-hydrogen) atoms. The molecule has 1 unspecified atom stereocenters. The van der Waals surface area contributed by atoms with Crippen molar-refractivity contribution in [1.29, 1.82) is 0 Å². The number of hydrogen-bond donors (Lipinski definition) is 1. The zero-order valence-corrected chi connectivity index (χ0v) is 11.4. The van der Waals surface area contributed by atoms with Crippen LogP contribution in [0.1, 0.15) is 25.5 Å². The first-order valence-electron chi connectivity index (χ1n) is 6.11. The number of hydrogen-bond acceptors (Lipinski definition) is 2. The van der Waals surface area contributed by atoms with Gasteiger partial charge in [0, 0.05) is 12.5 Å². The number of amides is 1. The molecule has 0 heterocycles. The van der Waals surface area contributed by atoms with Crippen molar-refractivity contribution in [2.75, 3.05) is 20.6 Å². The average Bonchev–Trinajstić information content (AvgIpc) is 2.28. The first kappa shape index (κ1) is 14.6. The summed E-state index contributed by atoms with van der Waals surface area (Å²) in [5.74, 6) is -0.284. The molecule has 0 aromatic heterocycles. The first-order chi connectivity index (χ1) is 8.41. The summed E-state index contributed by atoms with van der Waals surface area (Å²) in [5.41, 5.74) is 0.865. The van der Waals surface area contributed by atoms with Crippen molar-refractivity contribution in [1.82, 2.24) is 10.2 Å². The van der Waals surface area contributed by atoms with Gasteiger partial charge in [-0.2, -0.15) is 0 Å². The summed E-state index contributed by atoms with van der Waals surface area (Å²) in [6.45, 7) is 4.18. The largest absolute Gasteiger partial charge is 0.354 e. The molecule has 0 radical (unpaired) electrons. The molecule has 0 aliphatic heterocycles. The van der Waals surface area contributed by atoms with E-state index in [-0.39, 0.29) is 23.7 Å². The Morgan fingerprint density at radius 1 is 1.39 bits per heavy atom. The summed E-state index contributed by atoms with van der Waals surface area (Å²) in [4.78, 5) is 13.5. The van der Waals surface area contributed by atoms with Gasteiger partial charge in [0.15, 0.2) is 0 Å². The highest BCUT2D eigenvalue weighted by Crippen LogP contribution is 2.18. The van der Waals surface area contributed by atoms with Crippen molar-refractivity contribution in [2.45, 2.75) is 19.9 Å². The van der Waals surface area contributed by atoms with Crippen molar-refractivity contribution < 1.29 is 9.18 Å². The van der Waals surface area contributed by atoms with Crippen LogP contribution in [0, 0.1) is 11.7 Å². The fourth-order valence-corrected chi connectivity index (χ4v) is 1.71. The highest BCUT2D eigenvalue weighted by atomic mass is 19.1. The van der Waals surface area contributed by atoms with E-state index in [1.807, 2.05) is 38.9 Å². The van der Waals surface area contributed by atoms with E-state index in [0.29, 0.717) is 6.54 Å². The fraction of sp³-hybridized carbons (Fsp3) is 0.500. The molecule has 0 aliphatic carbocycles. The second kappa shape index (κ2) is 6.50. The van der Waals surface area contributed by atoms with Crippen LogP contribution in [0.15, 0.2) is 24.3 Å². The van der Waals surface area contributed by atoms with Crippen molar-refractivity contribution in [3.05, 3.63) is 35.6 Å². The van der Waals surface area contributed by atoms with Gasteiger partial charge in [0.05, 0.1) is 6.04 Å². The van der Waals surface area contributed by atoms with Gasteiger partial charge in [-0.3, -0.25) is 4.79 Å². The summed E-state index contributed by atoms with van der Waals surface area (Å²) in [5, 5.41) is 2.88. The maximum absolute atomic E-state index is 13.2. The average molecular weight is 252 g/mol. The van der Waals surface area contributed by atoms with Gasteiger partial charge >= 0.3 is 0 Å². The quantitative estimate of drug-likeness (QED) is 0.871. The number of carbonyl (C=O) groups is 1. The van der Waals surface area contributed by atoms with Crippen molar-refractivity contribution in [3.8, 4) is 0 Å². The van der Waals surface area contributed by atoms with Crippen LogP contribution >= 0.6 is 0 Å². The summed E-state index contributed by atoms with van der Waals surface area (Å²) >= 11 is 0. The number of benzene rings is 1. The summed E-state index contributed by atoms with van der Waals surface area (Å²) in [6, 6.07) is 6.46. The Labute approximate surface area is 108 Å². The minimum atomic E-state index is -0.255. The van der Waals surface area contributed by atoms with E-state index in [1.54, 1.807) is 6.07 Å². The van der Waals surface area contributed by atoms with E-state index in [0.717, 1.165) is 5.56 Å². The lowest BCUT2D eigenvalue weighted by Gasteiger charge is -2.25. The molecule has 1 aromatic rings. The lowest BCUT2D eigenvalue weighted by Crippen LogP contribution is -2.36. The number of likely N-dealkylation sites (N-methyl/N-ethyl adjacent to an activating group) is 1. The van der Waals surface area contributed by atoms with Crippen molar-refractivity contribution in [2.24, 2.45) is 5.92 Å². The normalized spacial score (nSPS) is 12.8.